The van der Waals surface area contributed by atoms with Gasteiger partial charge in [0.05, 0.1) is 25.0 Å². The van der Waals surface area contributed by atoms with E-state index in [9.17, 15) is 4.79 Å². The van der Waals surface area contributed by atoms with Crippen molar-refractivity contribution in [1.29, 1.82) is 0 Å². The first-order valence-electron chi connectivity index (χ1n) is 5.56. The van der Waals surface area contributed by atoms with Crippen LogP contribution in [0.5, 0.6) is 0 Å². The van der Waals surface area contributed by atoms with Crippen LogP contribution >= 0.6 is 0 Å². The van der Waals surface area contributed by atoms with E-state index in [4.69, 9.17) is 9.15 Å². The highest BCUT2D eigenvalue weighted by Gasteiger charge is 2.30. The van der Waals surface area contributed by atoms with Crippen LogP contribution in [0.15, 0.2) is 16.7 Å². The molecule has 0 spiro atoms. The molecule has 0 aliphatic carbocycles. The molecule has 0 bridgehead atoms. The van der Waals surface area contributed by atoms with E-state index < -0.39 is 0 Å². The van der Waals surface area contributed by atoms with E-state index in [1.807, 2.05) is 31.7 Å². The minimum Gasteiger partial charge on any atom is -0.459 e. The highest BCUT2D eigenvalue weighted by Crippen LogP contribution is 2.18. The molecule has 16 heavy (non-hydrogen) atoms. The first-order valence-corrected chi connectivity index (χ1v) is 5.56. The largest absolute Gasteiger partial charge is 0.459 e. The summed E-state index contributed by atoms with van der Waals surface area (Å²) in [5.41, 5.74) is 0.886. The van der Waals surface area contributed by atoms with Gasteiger partial charge in [-0.15, -0.1) is 0 Å². The molecular formula is C12H17NO3. The Bertz CT molecular complexity index is 385. The highest BCUT2D eigenvalue weighted by molar-refractivity contribution is 5.93. The first kappa shape index (κ1) is 11.2. The summed E-state index contributed by atoms with van der Waals surface area (Å²) in [6.45, 7) is 7.06. The number of carbonyl (C=O) groups is 1. The lowest BCUT2D eigenvalue weighted by Gasteiger charge is -2.36. The van der Waals surface area contributed by atoms with Gasteiger partial charge in [-0.2, -0.15) is 0 Å². The lowest BCUT2D eigenvalue weighted by Crippen LogP contribution is -2.50. The molecule has 4 heteroatoms. The molecule has 1 fully saturated rings. The average Bonchev–Trinajstić information content (AvgIpc) is 2.67. The van der Waals surface area contributed by atoms with E-state index in [0.717, 1.165) is 5.56 Å². The average molecular weight is 223 g/mol. The number of ether oxygens (including phenoxy) is 1. The van der Waals surface area contributed by atoms with Crippen LogP contribution in [0.3, 0.4) is 0 Å². The maximum atomic E-state index is 12.2. The number of furan rings is 1. The molecule has 1 aliphatic heterocycles. The molecule has 0 aromatic carbocycles. The van der Waals surface area contributed by atoms with Gasteiger partial charge in [0.1, 0.15) is 0 Å². The number of carbonyl (C=O) groups excluding carboxylic acids is 1. The first-order chi connectivity index (χ1) is 7.59. The zero-order chi connectivity index (χ0) is 11.7. The molecule has 0 saturated carbocycles. The number of aryl methyl sites for hydroxylation is 1. The van der Waals surface area contributed by atoms with Gasteiger partial charge < -0.3 is 14.1 Å². The second-order valence-corrected chi connectivity index (χ2v) is 4.38. The zero-order valence-electron chi connectivity index (χ0n) is 9.90. The summed E-state index contributed by atoms with van der Waals surface area (Å²) in [5, 5.41) is 0. The second-order valence-electron chi connectivity index (χ2n) is 4.38. The normalized spacial score (nSPS) is 25.8. The van der Waals surface area contributed by atoms with Gasteiger partial charge in [-0.1, -0.05) is 0 Å². The molecule has 2 heterocycles. The van der Waals surface area contributed by atoms with Crippen LogP contribution in [0.25, 0.3) is 0 Å². The Labute approximate surface area is 95.2 Å². The summed E-state index contributed by atoms with van der Waals surface area (Å²) in [4.78, 5) is 14.0. The molecule has 2 unspecified atom stereocenters. The third-order valence-corrected chi connectivity index (χ3v) is 2.93. The van der Waals surface area contributed by atoms with E-state index >= 15 is 0 Å². The Morgan fingerprint density at radius 2 is 2.25 bits per heavy atom. The maximum absolute atomic E-state index is 12.2. The Morgan fingerprint density at radius 1 is 1.50 bits per heavy atom. The van der Waals surface area contributed by atoms with Crippen LogP contribution in [0.1, 0.15) is 30.0 Å². The lowest BCUT2D eigenvalue weighted by molar-refractivity contribution is -0.0396. The van der Waals surface area contributed by atoms with Crippen molar-refractivity contribution >= 4 is 5.91 Å². The number of hydrogen-bond donors (Lipinski definition) is 0. The lowest BCUT2D eigenvalue weighted by atomic mass is 10.1. The Kier molecular flexibility index (Phi) is 3.01. The van der Waals surface area contributed by atoms with E-state index in [1.165, 1.54) is 0 Å². The predicted octanol–water partition coefficient (Wildman–Crippen LogP) is 1.84. The van der Waals surface area contributed by atoms with Crippen molar-refractivity contribution < 1.29 is 13.9 Å². The Balaban J connectivity index is 2.18. The molecule has 1 aromatic heterocycles. The number of amides is 1. The molecule has 0 N–H and O–H groups in total. The van der Waals surface area contributed by atoms with Crippen molar-refractivity contribution in [3.8, 4) is 0 Å². The molecule has 1 aliphatic rings. The molecule has 4 nitrogen and oxygen atoms in total. The SMILES string of the molecule is Cc1ccoc1C(=O)N1CC(C)OCC1C. The van der Waals surface area contributed by atoms with Gasteiger partial charge in [-0.05, 0) is 26.8 Å². The fraction of sp³-hybridized carbons (Fsp3) is 0.583. The van der Waals surface area contributed by atoms with Crippen molar-refractivity contribution in [2.45, 2.75) is 32.9 Å². The number of rotatable bonds is 1. The van der Waals surface area contributed by atoms with Gasteiger partial charge in [0.15, 0.2) is 5.76 Å². The van der Waals surface area contributed by atoms with Gasteiger partial charge in [0.2, 0.25) is 0 Å². The minimum atomic E-state index is -0.0369. The van der Waals surface area contributed by atoms with Crippen molar-refractivity contribution in [3.05, 3.63) is 23.7 Å². The highest BCUT2D eigenvalue weighted by atomic mass is 16.5. The molecule has 88 valence electrons. The van der Waals surface area contributed by atoms with Crippen LogP contribution in [0.4, 0.5) is 0 Å². The van der Waals surface area contributed by atoms with E-state index in [0.29, 0.717) is 18.9 Å². The quantitative estimate of drug-likeness (QED) is 0.729. The van der Waals surface area contributed by atoms with Crippen LogP contribution in [-0.4, -0.2) is 36.1 Å². The monoisotopic (exact) mass is 223 g/mol. The topological polar surface area (TPSA) is 42.7 Å². The third kappa shape index (κ3) is 1.97. The summed E-state index contributed by atoms with van der Waals surface area (Å²) in [5.74, 6) is 0.408. The molecule has 2 atom stereocenters. The molecule has 2 rings (SSSR count). The minimum absolute atomic E-state index is 0.0369. The van der Waals surface area contributed by atoms with Crippen LogP contribution in [-0.2, 0) is 4.74 Å². The summed E-state index contributed by atoms with van der Waals surface area (Å²) >= 11 is 0. The van der Waals surface area contributed by atoms with Gasteiger partial charge >= 0.3 is 0 Å². The number of nitrogens with zero attached hydrogens (tertiary/aromatic N) is 1. The van der Waals surface area contributed by atoms with E-state index in [2.05, 4.69) is 0 Å². The summed E-state index contributed by atoms with van der Waals surface area (Å²) in [7, 11) is 0. The fourth-order valence-electron chi connectivity index (χ4n) is 1.91. The standard InChI is InChI=1S/C12H17NO3/c1-8-4-5-15-11(8)12(14)13-6-10(3)16-7-9(13)2/h4-5,9-10H,6-7H2,1-3H3. The summed E-state index contributed by atoms with van der Waals surface area (Å²) in [6, 6.07) is 1.91. The Morgan fingerprint density at radius 3 is 2.88 bits per heavy atom. The molecule has 1 amide bonds. The van der Waals surface area contributed by atoms with Crippen LogP contribution in [0.2, 0.25) is 0 Å². The van der Waals surface area contributed by atoms with E-state index in [-0.39, 0.29) is 18.1 Å². The van der Waals surface area contributed by atoms with Gasteiger partial charge in [0.25, 0.3) is 5.91 Å². The zero-order valence-corrected chi connectivity index (χ0v) is 9.90. The van der Waals surface area contributed by atoms with Crippen LogP contribution in [0, 0.1) is 6.92 Å². The molecule has 0 radical (unpaired) electrons. The van der Waals surface area contributed by atoms with Gasteiger partial charge in [0, 0.05) is 12.1 Å². The maximum Gasteiger partial charge on any atom is 0.290 e. The smallest absolute Gasteiger partial charge is 0.290 e. The predicted molar refractivity (Wildman–Crippen MR) is 59.4 cm³/mol. The Hall–Kier alpha value is -1.29. The van der Waals surface area contributed by atoms with E-state index in [1.54, 1.807) is 6.26 Å². The third-order valence-electron chi connectivity index (χ3n) is 2.93. The summed E-state index contributed by atoms with van der Waals surface area (Å²) in [6.07, 6.45) is 1.65. The second kappa shape index (κ2) is 4.29. The van der Waals surface area contributed by atoms with Crippen molar-refractivity contribution in [3.63, 3.8) is 0 Å². The van der Waals surface area contributed by atoms with Crippen molar-refractivity contribution in [2.75, 3.05) is 13.2 Å². The summed E-state index contributed by atoms with van der Waals surface area (Å²) < 4.78 is 10.7. The molecule has 1 saturated heterocycles. The van der Waals surface area contributed by atoms with Crippen LogP contribution < -0.4 is 0 Å². The van der Waals surface area contributed by atoms with Gasteiger partial charge in [-0.25, -0.2) is 0 Å². The number of morpholine rings is 1. The number of hydrogen-bond acceptors (Lipinski definition) is 3. The molecule has 1 aromatic rings. The van der Waals surface area contributed by atoms with Crippen molar-refractivity contribution in [1.82, 2.24) is 4.90 Å². The van der Waals surface area contributed by atoms with Crippen molar-refractivity contribution in [2.24, 2.45) is 0 Å². The fourth-order valence-corrected chi connectivity index (χ4v) is 1.91. The van der Waals surface area contributed by atoms with Gasteiger partial charge in [-0.3, -0.25) is 4.79 Å². The molecular weight excluding hydrogens is 206 g/mol.